The molecule has 0 saturated carbocycles. The molecule has 76 valence electrons. The van der Waals surface area contributed by atoms with Gasteiger partial charge in [0.25, 0.3) is 0 Å². The quantitative estimate of drug-likeness (QED) is 0.659. The summed E-state index contributed by atoms with van der Waals surface area (Å²) < 4.78 is 11.0. The van der Waals surface area contributed by atoms with Gasteiger partial charge in [0.1, 0.15) is 0 Å². The SMILES string of the molecule is NC(=O)CCCN1CCS(=O)CC1. The van der Waals surface area contributed by atoms with Crippen LogP contribution in [0.15, 0.2) is 0 Å². The predicted octanol–water partition coefficient (Wildman–Crippen LogP) is -0.684. The van der Waals surface area contributed by atoms with Crippen LogP contribution in [0.2, 0.25) is 0 Å². The Hall–Kier alpha value is -0.420. The summed E-state index contributed by atoms with van der Waals surface area (Å²) in [6.07, 6.45) is 1.28. The predicted molar refractivity (Wildman–Crippen MR) is 52.7 cm³/mol. The van der Waals surface area contributed by atoms with E-state index in [-0.39, 0.29) is 5.91 Å². The molecule has 2 N–H and O–H groups in total. The first-order chi connectivity index (χ1) is 6.18. The van der Waals surface area contributed by atoms with Gasteiger partial charge in [0.2, 0.25) is 5.91 Å². The highest BCUT2D eigenvalue weighted by atomic mass is 32.2. The van der Waals surface area contributed by atoms with E-state index < -0.39 is 10.8 Å². The summed E-state index contributed by atoms with van der Waals surface area (Å²) in [6, 6.07) is 0. The van der Waals surface area contributed by atoms with Crippen molar-refractivity contribution in [1.82, 2.24) is 4.90 Å². The second kappa shape index (κ2) is 5.34. The highest BCUT2D eigenvalue weighted by molar-refractivity contribution is 7.85. The first kappa shape index (κ1) is 10.7. The van der Waals surface area contributed by atoms with E-state index in [0.717, 1.165) is 37.6 Å². The molecule has 5 heteroatoms. The third kappa shape index (κ3) is 4.38. The molecule has 0 bridgehead atoms. The molecule has 1 heterocycles. The Kier molecular flexibility index (Phi) is 4.38. The van der Waals surface area contributed by atoms with E-state index >= 15 is 0 Å². The standard InChI is InChI=1S/C8H16N2O2S/c9-8(11)2-1-3-10-4-6-13(12)7-5-10/h1-7H2,(H2,9,11). The summed E-state index contributed by atoms with van der Waals surface area (Å²) in [7, 11) is -0.609. The zero-order valence-corrected chi connectivity index (χ0v) is 8.52. The van der Waals surface area contributed by atoms with Crippen molar-refractivity contribution in [2.45, 2.75) is 12.8 Å². The van der Waals surface area contributed by atoms with E-state index in [1.807, 2.05) is 0 Å². The molecule has 0 unspecified atom stereocenters. The number of carbonyl (C=O) groups is 1. The fraction of sp³-hybridized carbons (Fsp3) is 0.875. The number of rotatable bonds is 4. The monoisotopic (exact) mass is 204 g/mol. The van der Waals surface area contributed by atoms with Gasteiger partial charge in [0.15, 0.2) is 0 Å². The molecular formula is C8H16N2O2S. The molecule has 0 atom stereocenters. The van der Waals surface area contributed by atoms with Crippen molar-refractivity contribution in [2.24, 2.45) is 5.73 Å². The smallest absolute Gasteiger partial charge is 0.217 e. The van der Waals surface area contributed by atoms with Crippen molar-refractivity contribution in [1.29, 1.82) is 0 Å². The highest BCUT2D eigenvalue weighted by Crippen LogP contribution is 2.01. The molecule has 0 aromatic heterocycles. The van der Waals surface area contributed by atoms with Gasteiger partial charge in [-0.2, -0.15) is 0 Å². The summed E-state index contributed by atoms with van der Waals surface area (Å²) in [6.45, 7) is 2.69. The number of hydrogen-bond acceptors (Lipinski definition) is 3. The molecule has 0 aromatic carbocycles. The maximum atomic E-state index is 11.0. The van der Waals surface area contributed by atoms with E-state index in [9.17, 15) is 9.00 Å². The average Bonchev–Trinajstić information content (AvgIpc) is 2.08. The number of amides is 1. The van der Waals surface area contributed by atoms with Crippen molar-refractivity contribution < 1.29 is 9.00 Å². The molecule has 1 rings (SSSR count). The van der Waals surface area contributed by atoms with Gasteiger partial charge in [0, 0.05) is 41.8 Å². The maximum absolute atomic E-state index is 11.0. The molecule has 13 heavy (non-hydrogen) atoms. The van der Waals surface area contributed by atoms with E-state index in [4.69, 9.17) is 5.73 Å². The number of nitrogens with zero attached hydrogens (tertiary/aromatic N) is 1. The Labute approximate surface area is 80.9 Å². The number of carbonyl (C=O) groups excluding carboxylic acids is 1. The van der Waals surface area contributed by atoms with Gasteiger partial charge in [-0.15, -0.1) is 0 Å². The van der Waals surface area contributed by atoms with Gasteiger partial charge in [-0.25, -0.2) is 0 Å². The molecule has 0 spiro atoms. The van der Waals surface area contributed by atoms with Crippen molar-refractivity contribution in [3.8, 4) is 0 Å². The Balaban J connectivity index is 2.09. The number of primary amides is 1. The average molecular weight is 204 g/mol. The van der Waals surface area contributed by atoms with Crippen LogP contribution in [0.4, 0.5) is 0 Å². The van der Waals surface area contributed by atoms with Gasteiger partial charge in [0.05, 0.1) is 0 Å². The molecular weight excluding hydrogens is 188 g/mol. The fourth-order valence-electron chi connectivity index (χ4n) is 1.38. The van der Waals surface area contributed by atoms with E-state index in [1.165, 1.54) is 0 Å². The third-order valence-corrected chi connectivity index (χ3v) is 3.44. The molecule has 4 nitrogen and oxygen atoms in total. The molecule has 1 fully saturated rings. The number of hydrogen-bond donors (Lipinski definition) is 1. The molecule has 1 aliphatic rings. The second-order valence-corrected chi connectivity index (χ2v) is 4.96. The van der Waals surface area contributed by atoms with Gasteiger partial charge in [-0.3, -0.25) is 9.00 Å². The Morgan fingerprint density at radius 2 is 2.00 bits per heavy atom. The summed E-state index contributed by atoms with van der Waals surface area (Å²) in [5.74, 6) is 1.31. The minimum atomic E-state index is -0.609. The molecule has 0 aliphatic carbocycles. The van der Waals surface area contributed by atoms with Crippen molar-refractivity contribution in [3.05, 3.63) is 0 Å². The molecule has 0 radical (unpaired) electrons. The van der Waals surface area contributed by atoms with Crippen LogP contribution in [0.5, 0.6) is 0 Å². The lowest BCUT2D eigenvalue weighted by Gasteiger charge is -2.25. The Bertz CT molecular complexity index is 198. The minimum Gasteiger partial charge on any atom is -0.370 e. The van der Waals surface area contributed by atoms with Gasteiger partial charge in [-0.1, -0.05) is 0 Å². The van der Waals surface area contributed by atoms with E-state index in [2.05, 4.69) is 4.90 Å². The van der Waals surface area contributed by atoms with Crippen LogP contribution in [0, 0.1) is 0 Å². The van der Waals surface area contributed by atoms with Crippen LogP contribution in [-0.4, -0.2) is 46.2 Å². The fourth-order valence-corrected chi connectivity index (χ4v) is 2.50. The van der Waals surface area contributed by atoms with Crippen LogP contribution in [0.1, 0.15) is 12.8 Å². The van der Waals surface area contributed by atoms with E-state index in [0.29, 0.717) is 6.42 Å². The first-order valence-electron chi connectivity index (χ1n) is 4.54. The van der Waals surface area contributed by atoms with Crippen LogP contribution < -0.4 is 5.73 Å². The summed E-state index contributed by atoms with van der Waals surface area (Å²) in [5, 5.41) is 0. The van der Waals surface area contributed by atoms with Crippen LogP contribution in [0.3, 0.4) is 0 Å². The largest absolute Gasteiger partial charge is 0.370 e. The highest BCUT2D eigenvalue weighted by Gasteiger charge is 2.14. The molecule has 1 saturated heterocycles. The Morgan fingerprint density at radius 3 is 2.54 bits per heavy atom. The normalized spacial score (nSPS) is 20.3. The third-order valence-electron chi connectivity index (χ3n) is 2.17. The minimum absolute atomic E-state index is 0.236. The van der Waals surface area contributed by atoms with Crippen molar-refractivity contribution in [2.75, 3.05) is 31.1 Å². The van der Waals surface area contributed by atoms with Crippen molar-refractivity contribution in [3.63, 3.8) is 0 Å². The first-order valence-corrected chi connectivity index (χ1v) is 6.03. The van der Waals surface area contributed by atoms with Crippen LogP contribution >= 0.6 is 0 Å². The zero-order valence-electron chi connectivity index (χ0n) is 7.70. The molecule has 1 aliphatic heterocycles. The Morgan fingerprint density at radius 1 is 1.38 bits per heavy atom. The summed E-state index contributed by atoms with van der Waals surface area (Å²) in [4.78, 5) is 12.7. The zero-order chi connectivity index (χ0) is 9.68. The van der Waals surface area contributed by atoms with Gasteiger partial charge in [-0.05, 0) is 13.0 Å². The summed E-state index contributed by atoms with van der Waals surface area (Å²) >= 11 is 0. The topological polar surface area (TPSA) is 63.4 Å². The van der Waals surface area contributed by atoms with Gasteiger partial charge >= 0.3 is 0 Å². The molecule has 0 aromatic rings. The van der Waals surface area contributed by atoms with Crippen LogP contribution in [-0.2, 0) is 15.6 Å². The maximum Gasteiger partial charge on any atom is 0.217 e. The summed E-state index contributed by atoms with van der Waals surface area (Å²) in [5.41, 5.74) is 5.02. The lowest BCUT2D eigenvalue weighted by atomic mass is 10.3. The lowest BCUT2D eigenvalue weighted by molar-refractivity contribution is -0.118. The van der Waals surface area contributed by atoms with Crippen LogP contribution in [0.25, 0.3) is 0 Å². The number of nitrogens with two attached hydrogens (primary N) is 1. The van der Waals surface area contributed by atoms with Crippen molar-refractivity contribution >= 4 is 16.7 Å². The molecule has 1 amide bonds. The van der Waals surface area contributed by atoms with Gasteiger partial charge < -0.3 is 10.6 Å². The second-order valence-electron chi connectivity index (χ2n) is 3.26. The lowest BCUT2D eigenvalue weighted by Crippen LogP contribution is -2.38. The van der Waals surface area contributed by atoms with E-state index in [1.54, 1.807) is 0 Å².